The number of rotatable bonds is 2. The number of urea groups is 1. The Morgan fingerprint density at radius 1 is 1.38 bits per heavy atom. The Labute approximate surface area is 94.3 Å². The number of aliphatic imine (C=N–C) groups is 1. The largest absolute Gasteiger partial charge is 0.334 e. The smallest absolute Gasteiger partial charge is 0.322 e. The second-order valence-corrected chi connectivity index (χ2v) is 3.43. The summed E-state index contributed by atoms with van der Waals surface area (Å²) in [5.41, 5.74) is 1.09. The summed E-state index contributed by atoms with van der Waals surface area (Å²) in [4.78, 5) is 17.2. The van der Waals surface area contributed by atoms with E-state index in [2.05, 4.69) is 10.3 Å². The summed E-state index contributed by atoms with van der Waals surface area (Å²) >= 11 is 0. The average molecular weight is 215 g/mol. The molecule has 1 aromatic rings. The SMILES string of the molecule is O=C(NCc1ccccc1)N1C=CN=CC1. The van der Waals surface area contributed by atoms with Crippen LogP contribution in [0.5, 0.6) is 0 Å². The summed E-state index contributed by atoms with van der Waals surface area (Å²) in [6.07, 6.45) is 4.97. The Kier molecular flexibility index (Phi) is 3.33. The molecule has 0 aromatic heterocycles. The summed E-state index contributed by atoms with van der Waals surface area (Å²) in [7, 11) is 0. The van der Waals surface area contributed by atoms with Crippen LogP contribution in [0.4, 0.5) is 4.79 Å². The Balaban J connectivity index is 1.84. The van der Waals surface area contributed by atoms with Gasteiger partial charge >= 0.3 is 6.03 Å². The van der Waals surface area contributed by atoms with Crippen molar-refractivity contribution >= 4 is 12.2 Å². The third-order valence-electron chi connectivity index (χ3n) is 2.26. The predicted octanol–water partition coefficient (Wildman–Crippen LogP) is 1.75. The molecule has 0 aliphatic carbocycles. The summed E-state index contributed by atoms with van der Waals surface area (Å²) in [6.45, 7) is 1.07. The molecule has 0 fully saturated rings. The van der Waals surface area contributed by atoms with Crippen molar-refractivity contribution in [1.29, 1.82) is 0 Å². The number of hydrogen-bond donors (Lipinski definition) is 1. The summed E-state index contributed by atoms with van der Waals surface area (Å²) < 4.78 is 0. The lowest BCUT2D eigenvalue weighted by Gasteiger charge is -2.18. The van der Waals surface area contributed by atoms with Crippen LogP contribution in [0, 0.1) is 0 Å². The van der Waals surface area contributed by atoms with Gasteiger partial charge in [-0.15, -0.1) is 0 Å². The molecule has 1 heterocycles. The highest BCUT2D eigenvalue weighted by Gasteiger charge is 2.09. The highest BCUT2D eigenvalue weighted by atomic mass is 16.2. The van der Waals surface area contributed by atoms with Gasteiger partial charge in [-0.2, -0.15) is 0 Å². The fourth-order valence-corrected chi connectivity index (χ4v) is 1.40. The second-order valence-electron chi connectivity index (χ2n) is 3.43. The van der Waals surface area contributed by atoms with E-state index in [1.807, 2.05) is 30.3 Å². The maximum atomic E-state index is 11.7. The zero-order valence-corrected chi connectivity index (χ0v) is 8.84. The first kappa shape index (κ1) is 10.4. The van der Waals surface area contributed by atoms with E-state index in [1.165, 1.54) is 0 Å². The van der Waals surface area contributed by atoms with Gasteiger partial charge in [0.2, 0.25) is 0 Å². The molecule has 2 amide bonds. The molecule has 16 heavy (non-hydrogen) atoms. The van der Waals surface area contributed by atoms with Gasteiger partial charge in [-0.05, 0) is 5.56 Å². The van der Waals surface area contributed by atoms with Gasteiger partial charge in [0.25, 0.3) is 0 Å². The van der Waals surface area contributed by atoms with E-state index in [4.69, 9.17) is 0 Å². The van der Waals surface area contributed by atoms with Crippen LogP contribution in [0.25, 0.3) is 0 Å². The van der Waals surface area contributed by atoms with E-state index in [-0.39, 0.29) is 6.03 Å². The van der Waals surface area contributed by atoms with Gasteiger partial charge in [-0.1, -0.05) is 30.3 Å². The van der Waals surface area contributed by atoms with E-state index >= 15 is 0 Å². The van der Waals surface area contributed by atoms with Crippen molar-refractivity contribution < 1.29 is 4.79 Å². The summed E-state index contributed by atoms with van der Waals surface area (Å²) in [5.74, 6) is 0. The van der Waals surface area contributed by atoms with Crippen molar-refractivity contribution in [2.75, 3.05) is 6.54 Å². The van der Waals surface area contributed by atoms with Crippen LogP contribution in [0.15, 0.2) is 47.7 Å². The minimum Gasteiger partial charge on any atom is -0.334 e. The standard InChI is InChI=1S/C12H13N3O/c16-12(15-8-6-13-7-9-15)14-10-11-4-2-1-3-5-11/h1-8H,9-10H2,(H,14,16). The Morgan fingerprint density at radius 2 is 2.19 bits per heavy atom. The molecule has 0 bridgehead atoms. The van der Waals surface area contributed by atoms with Crippen molar-refractivity contribution in [1.82, 2.24) is 10.2 Å². The zero-order chi connectivity index (χ0) is 11.2. The molecular weight excluding hydrogens is 202 g/mol. The van der Waals surface area contributed by atoms with Crippen molar-refractivity contribution in [3.05, 3.63) is 48.3 Å². The third-order valence-corrected chi connectivity index (χ3v) is 2.26. The van der Waals surface area contributed by atoms with E-state index in [1.54, 1.807) is 23.5 Å². The lowest BCUT2D eigenvalue weighted by atomic mass is 10.2. The molecular formula is C12H13N3O. The lowest BCUT2D eigenvalue weighted by molar-refractivity contribution is 0.219. The fourth-order valence-electron chi connectivity index (χ4n) is 1.40. The van der Waals surface area contributed by atoms with Gasteiger partial charge in [0.15, 0.2) is 0 Å². The van der Waals surface area contributed by atoms with E-state index < -0.39 is 0 Å². The summed E-state index contributed by atoms with van der Waals surface area (Å²) in [6, 6.07) is 9.71. The minimum absolute atomic E-state index is 0.105. The van der Waals surface area contributed by atoms with Crippen LogP contribution in [-0.4, -0.2) is 23.7 Å². The number of hydrogen-bond acceptors (Lipinski definition) is 2. The molecule has 1 N–H and O–H groups in total. The molecule has 4 heteroatoms. The van der Waals surface area contributed by atoms with Crippen LogP contribution in [-0.2, 0) is 6.54 Å². The molecule has 0 saturated carbocycles. The van der Waals surface area contributed by atoms with Crippen molar-refractivity contribution in [3.8, 4) is 0 Å². The van der Waals surface area contributed by atoms with E-state index in [0.29, 0.717) is 13.1 Å². The monoisotopic (exact) mass is 215 g/mol. The maximum Gasteiger partial charge on any atom is 0.322 e. The van der Waals surface area contributed by atoms with Gasteiger partial charge in [0.05, 0.1) is 6.54 Å². The van der Waals surface area contributed by atoms with Crippen LogP contribution in [0.1, 0.15) is 5.56 Å². The Bertz CT molecular complexity index is 412. The van der Waals surface area contributed by atoms with Crippen LogP contribution >= 0.6 is 0 Å². The van der Waals surface area contributed by atoms with Crippen molar-refractivity contribution in [2.24, 2.45) is 4.99 Å². The van der Waals surface area contributed by atoms with Crippen LogP contribution in [0.2, 0.25) is 0 Å². The van der Waals surface area contributed by atoms with Crippen LogP contribution in [0.3, 0.4) is 0 Å². The number of carbonyl (C=O) groups excluding carboxylic acids is 1. The number of benzene rings is 1. The summed E-state index contributed by atoms with van der Waals surface area (Å²) in [5, 5.41) is 2.84. The van der Waals surface area contributed by atoms with E-state index in [9.17, 15) is 4.79 Å². The van der Waals surface area contributed by atoms with Crippen LogP contribution < -0.4 is 5.32 Å². The molecule has 0 saturated heterocycles. The number of nitrogens with one attached hydrogen (secondary N) is 1. The number of carbonyl (C=O) groups is 1. The molecule has 0 radical (unpaired) electrons. The molecule has 1 aliphatic rings. The first-order chi connectivity index (χ1) is 7.86. The molecule has 4 nitrogen and oxygen atoms in total. The quantitative estimate of drug-likeness (QED) is 0.802. The molecule has 82 valence electrons. The molecule has 0 unspecified atom stereocenters. The molecule has 0 atom stereocenters. The maximum absolute atomic E-state index is 11.7. The van der Waals surface area contributed by atoms with Gasteiger partial charge in [0.1, 0.15) is 0 Å². The highest BCUT2D eigenvalue weighted by molar-refractivity contribution is 5.79. The van der Waals surface area contributed by atoms with Crippen molar-refractivity contribution in [2.45, 2.75) is 6.54 Å². The first-order valence-electron chi connectivity index (χ1n) is 5.13. The van der Waals surface area contributed by atoms with Gasteiger partial charge in [-0.3, -0.25) is 9.89 Å². The van der Waals surface area contributed by atoms with Gasteiger partial charge in [0, 0.05) is 25.2 Å². The Hall–Kier alpha value is -2.10. The molecule has 1 aliphatic heterocycles. The molecule has 0 spiro atoms. The van der Waals surface area contributed by atoms with E-state index in [0.717, 1.165) is 5.56 Å². The Morgan fingerprint density at radius 3 is 2.88 bits per heavy atom. The lowest BCUT2D eigenvalue weighted by Crippen LogP contribution is -2.37. The molecule has 2 rings (SSSR count). The number of amides is 2. The number of nitrogens with zero attached hydrogens (tertiary/aromatic N) is 2. The second kappa shape index (κ2) is 5.11. The average Bonchev–Trinajstić information content (AvgIpc) is 2.38. The normalized spacial score (nSPS) is 13.9. The highest BCUT2D eigenvalue weighted by Crippen LogP contribution is 1.99. The first-order valence-corrected chi connectivity index (χ1v) is 5.13. The third kappa shape index (κ3) is 2.70. The topological polar surface area (TPSA) is 44.7 Å². The fraction of sp³-hybridized carbons (Fsp3) is 0.167. The molecule has 1 aromatic carbocycles. The zero-order valence-electron chi connectivity index (χ0n) is 8.84. The van der Waals surface area contributed by atoms with Gasteiger partial charge in [-0.25, -0.2) is 4.79 Å². The van der Waals surface area contributed by atoms with Crippen molar-refractivity contribution in [3.63, 3.8) is 0 Å². The van der Waals surface area contributed by atoms with Gasteiger partial charge < -0.3 is 5.32 Å². The predicted molar refractivity (Wildman–Crippen MR) is 63.0 cm³/mol. The minimum atomic E-state index is -0.105.